The number of thiazole rings is 1. The fraction of sp³-hybridized carbons (Fsp3) is 0.500. The standard InChI is InChI=1S/C8H12N2O2S/c1-2-12-5-3-7(11)10-8-9-4-6-13-8/h4,6H,2-3,5H2,1H3,(H,9,10,11). The minimum absolute atomic E-state index is 0.0524. The van der Waals surface area contributed by atoms with Crippen LogP contribution in [-0.2, 0) is 9.53 Å². The highest BCUT2D eigenvalue weighted by molar-refractivity contribution is 7.13. The molecule has 0 fully saturated rings. The van der Waals surface area contributed by atoms with Gasteiger partial charge in [0, 0.05) is 18.2 Å². The summed E-state index contributed by atoms with van der Waals surface area (Å²) in [6.07, 6.45) is 2.04. The van der Waals surface area contributed by atoms with Crippen LogP contribution >= 0.6 is 11.3 Å². The fourth-order valence-electron chi connectivity index (χ4n) is 0.776. The number of ether oxygens (including phenoxy) is 1. The molecule has 0 atom stereocenters. The van der Waals surface area contributed by atoms with E-state index in [0.29, 0.717) is 24.8 Å². The first-order valence-corrected chi connectivity index (χ1v) is 4.98. The highest BCUT2D eigenvalue weighted by atomic mass is 32.1. The quantitative estimate of drug-likeness (QED) is 0.733. The van der Waals surface area contributed by atoms with Crippen molar-refractivity contribution >= 4 is 22.4 Å². The Balaban J connectivity index is 2.18. The van der Waals surface area contributed by atoms with Crippen LogP contribution in [0.5, 0.6) is 0 Å². The predicted molar refractivity (Wildman–Crippen MR) is 51.9 cm³/mol. The second kappa shape index (κ2) is 5.66. The normalized spacial score (nSPS) is 9.92. The second-order valence-corrected chi connectivity index (χ2v) is 3.23. The van der Waals surface area contributed by atoms with Gasteiger partial charge in [-0.25, -0.2) is 4.98 Å². The Labute approximate surface area is 80.9 Å². The van der Waals surface area contributed by atoms with Gasteiger partial charge in [0.05, 0.1) is 13.0 Å². The van der Waals surface area contributed by atoms with Gasteiger partial charge < -0.3 is 10.1 Å². The van der Waals surface area contributed by atoms with Gasteiger partial charge in [0.25, 0.3) is 0 Å². The van der Waals surface area contributed by atoms with E-state index >= 15 is 0 Å². The minimum atomic E-state index is -0.0524. The Kier molecular flexibility index (Phi) is 4.42. The Morgan fingerprint density at radius 3 is 3.23 bits per heavy atom. The Hall–Kier alpha value is -0.940. The Morgan fingerprint density at radius 1 is 1.77 bits per heavy atom. The van der Waals surface area contributed by atoms with Crippen LogP contribution in [0.1, 0.15) is 13.3 Å². The zero-order chi connectivity index (χ0) is 9.52. The summed E-state index contributed by atoms with van der Waals surface area (Å²) in [7, 11) is 0. The number of rotatable bonds is 5. The Morgan fingerprint density at radius 2 is 2.62 bits per heavy atom. The molecule has 0 saturated heterocycles. The summed E-state index contributed by atoms with van der Waals surface area (Å²) in [6, 6.07) is 0. The van der Waals surface area contributed by atoms with E-state index in [2.05, 4.69) is 10.3 Å². The van der Waals surface area contributed by atoms with Crippen molar-refractivity contribution in [3.8, 4) is 0 Å². The molecule has 0 bridgehead atoms. The lowest BCUT2D eigenvalue weighted by Gasteiger charge is -2.01. The first-order chi connectivity index (χ1) is 6.33. The van der Waals surface area contributed by atoms with Gasteiger partial charge in [-0.1, -0.05) is 0 Å². The molecule has 0 spiro atoms. The zero-order valence-electron chi connectivity index (χ0n) is 7.45. The van der Waals surface area contributed by atoms with Gasteiger partial charge in [-0.2, -0.15) is 0 Å². The topological polar surface area (TPSA) is 51.2 Å². The zero-order valence-corrected chi connectivity index (χ0v) is 8.26. The molecule has 1 rings (SSSR count). The van der Waals surface area contributed by atoms with Crippen molar-refractivity contribution in [1.82, 2.24) is 4.98 Å². The van der Waals surface area contributed by atoms with E-state index in [1.54, 1.807) is 6.20 Å². The predicted octanol–water partition coefficient (Wildman–Crippen LogP) is 1.51. The lowest BCUT2D eigenvalue weighted by molar-refractivity contribution is -0.117. The van der Waals surface area contributed by atoms with Crippen molar-refractivity contribution in [3.63, 3.8) is 0 Å². The summed E-state index contributed by atoms with van der Waals surface area (Å²) in [5.74, 6) is -0.0524. The van der Waals surface area contributed by atoms with Crippen LogP contribution in [0.25, 0.3) is 0 Å². The van der Waals surface area contributed by atoms with E-state index in [-0.39, 0.29) is 5.91 Å². The van der Waals surface area contributed by atoms with Crippen molar-refractivity contribution in [2.75, 3.05) is 18.5 Å². The number of aromatic nitrogens is 1. The third kappa shape index (κ3) is 4.00. The average molecular weight is 200 g/mol. The number of nitrogens with zero attached hydrogens (tertiary/aromatic N) is 1. The third-order valence-corrected chi connectivity index (χ3v) is 2.04. The molecule has 1 heterocycles. The molecular weight excluding hydrogens is 188 g/mol. The van der Waals surface area contributed by atoms with Crippen molar-refractivity contribution in [3.05, 3.63) is 11.6 Å². The molecule has 1 aromatic rings. The van der Waals surface area contributed by atoms with Crippen molar-refractivity contribution in [2.45, 2.75) is 13.3 Å². The molecule has 4 nitrogen and oxygen atoms in total. The molecular formula is C8H12N2O2S. The summed E-state index contributed by atoms with van der Waals surface area (Å²) in [4.78, 5) is 15.1. The van der Waals surface area contributed by atoms with Gasteiger partial charge >= 0.3 is 0 Å². The minimum Gasteiger partial charge on any atom is -0.381 e. The number of hydrogen-bond donors (Lipinski definition) is 1. The molecule has 0 aliphatic heterocycles. The molecule has 0 aliphatic carbocycles. The van der Waals surface area contributed by atoms with Crippen molar-refractivity contribution in [2.24, 2.45) is 0 Å². The molecule has 0 aromatic carbocycles. The van der Waals surface area contributed by atoms with E-state index in [0.717, 1.165) is 0 Å². The Bertz CT molecular complexity index is 249. The monoisotopic (exact) mass is 200 g/mol. The van der Waals surface area contributed by atoms with E-state index in [4.69, 9.17) is 4.74 Å². The maximum atomic E-state index is 11.2. The average Bonchev–Trinajstić information content (AvgIpc) is 2.57. The van der Waals surface area contributed by atoms with Gasteiger partial charge in [-0.05, 0) is 6.92 Å². The van der Waals surface area contributed by atoms with Crippen molar-refractivity contribution < 1.29 is 9.53 Å². The highest BCUT2D eigenvalue weighted by Gasteiger charge is 2.02. The molecule has 0 aliphatic rings. The van der Waals surface area contributed by atoms with Crippen LogP contribution in [0.2, 0.25) is 0 Å². The number of nitrogens with one attached hydrogen (secondary N) is 1. The van der Waals surface area contributed by atoms with E-state index in [1.165, 1.54) is 11.3 Å². The van der Waals surface area contributed by atoms with Crippen LogP contribution in [-0.4, -0.2) is 24.1 Å². The van der Waals surface area contributed by atoms with Gasteiger partial charge in [-0.15, -0.1) is 11.3 Å². The molecule has 13 heavy (non-hydrogen) atoms. The molecule has 1 N–H and O–H groups in total. The summed E-state index contributed by atoms with van der Waals surface area (Å²) in [5.41, 5.74) is 0. The fourth-order valence-corrected chi connectivity index (χ4v) is 1.32. The summed E-state index contributed by atoms with van der Waals surface area (Å²) in [6.45, 7) is 3.01. The van der Waals surface area contributed by atoms with E-state index in [1.807, 2.05) is 12.3 Å². The molecule has 0 unspecified atom stereocenters. The van der Waals surface area contributed by atoms with Crippen LogP contribution in [0.15, 0.2) is 11.6 Å². The van der Waals surface area contributed by atoms with Crippen molar-refractivity contribution in [1.29, 1.82) is 0 Å². The molecule has 1 amide bonds. The van der Waals surface area contributed by atoms with Gasteiger partial charge in [-0.3, -0.25) is 4.79 Å². The van der Waals surface area contributed by atoms with Crippen LogP contribution < -0.4 is 5.32 Å². The summed E-state index contributed by atoms with van der Waals surface area (Å²) in [5, 5.41) is 5.13. The third-order valence-electron chi connectivity index (χ3n) is 1.36. The summed E-state index contributed by atoms with van der Waals surface area (Å²) >= 11 is 1.41. The number of anilines is 1. The van der Waals surface area contributed by atoms with Gasteiger partial charge in [0.15, 0.2) is 5.13 Å². The van der Waals surface area contributed by atoms with Crippen LogP contribution in [0.4, 0.5) is 5.13 Å². The number of carbonyl (C=O) groups is 1. The van der Waals surface area contributed by atoms with Gasteiger partial charge in [0.2, 0.25) is 5.91 Å². The molecule has 5 heteroatoms. The SMILES string of the molecule is CCOCCC(=O)Nc1nccs1. The van der Waals surface area contributed by atoms with Crippen LogP contribution in [0, 0.1) is 0 Å². The largest absolute Gasteiger partial charge is 0.381 e. The number of carbonyl (C=O) groups excluding carboxylic acids is 1. The molecule has 0 radical (unpaired) electrons. The highest BCUT2D eigenvalue weighted by Crippen LogP contribution is 2.10. The summed E-state index contributed by atoms with van der Waals surface area (Å²) < 4.78 is 5.05. The molecule has 0 saturated carbocycles. The number of amides is 1. The lowest BCUT2D eigenvalue weighted by Crippen LogP contribution is -2.13. The molecule has 72 valence electrons. The van der Waals surface area contributed by atoms with E-state index < -0.39 is 0 Å². The smallest absolute Gasteiger partial charge is 0.228 e. The lowest BCUT2D eigenvalue weighted by atomic mass is 10.4. The second-order valence-electron chi connectivity index (χ2n) is 2.33. The number of hydrogen-bond acceptors (Lipinski definition) is 4. The molecule has 1 aromatic heterocycles. The first kappa shape index (κ1) is 10.1. The van der Waals surface area contributed by atoms with Gasteiger partial charge in [0.1, 0.15) is 0 Å². The van der Waals surface area contributed by atoms with E-state index in [9.17, 15) is 4.79 Å². The van der Waals surface area contributed by atoms with Crippen LogP contribution in [0.3, 0.4) is 0 Å². The maximum Gasteiger partial charge on any atom is 0.228 e. The maximum absolute atomic E-state index is 11.2. The first-order valence-electron chi connectivity index (χ1n) is 4.10.